The largest absolute Gasteiger partial charge is 0.454 e. The molecule has 0 unspecified atom stereocenters. The van der Waals surface area contributed by atoms with E-state index in [-0.39, 0.29) is 11.3 Å². The van der Waals surface area contributed by atoms with Crippen molar-refractivity contribution in [2.75, 3.05) is 5.32 Å². The van der Waals surface area contributed by atoms with E-state index in [1.54, 1.807) is 35.1 Å². The predicted octanol–water partition coefficient (Wildman–Crippen LogP) is 4.51. The maximum Gasteiger partial charge on any atom is 0.168 e. The summed E-state index contributed by atoms with van der Waals surface area (Å²) in [6, 6.07) is 11.0. The number of anilines is 2. The number of benzene rings is 2. The third-order valence-corrected chi connectivity index (χ3v) is 3.98. The van der Waals surface area contributed by atoms with E-state index in [0.29, 0.717) is 28.3 Å². The van der Waals surface area contributed by atoms with Crippen LogP contribution in [0.2, 0.25) is 0 Å². The minimum atomic E-state index is -0.823. The summed E-state index contributed by atoms with van der Waals surface area (Å²) in [5, 5.41) is 8.05. The van der Waals surface area contributed by atoms with Crippen LogP contribution in [0.15, 0.2) is 55.0 Å². The molecule has 0 radical (unpaired) electrons. The molecule has 1 N–H and O–H groups in total. The topological polar surface area (TPSA) is 64.9 Å². The van der Waals surface area contributed by atoms with Gasteiger partial charge < -0.3 is 10.1 Å². The van der Waals surface area contributed by atoms with Gasteiger partial charge in [-0.2, -0.15) is 5.10 Å². The zero-order valence-electron chi connectivity index (χ0n) is 14.4. The summed E-state index contributed by atoms with van der Waals surface area (Å²) >= 11 is 0. The third-order valence-electron chi connectivity index (χ3n) is 3.98. The highest BCUT2D eigenvalue weighted by Crippen LogP contribution is 2.32. The third kappa shape index (κ3) is 3.41. The average Bonchev–Trinajstić information content (AvgIpc) is 3.08. The quantitative estimate of drug-likeness (QED) is 0.562. The molecule has 6 nitrogen and oxygen atoms in total. The van der Waals surface area contributed by atoms with Gasteiger partial charge in [-0.3, -0.25) is 4.68 Å². The lowest BCUT2D eigenvalue weighted by atomic mass is 10.2. The first-order valence-electron chi connectivity index (χ1n) is 8.16. The van der Waals surface area contributed by atoms with Crippen molar-refractivity contribution in [1.29, 1.82) is 0 Å². The first-order valence-corrected chi connectivity index (χ1v) is 8.16. The van der Waals surface area contributed by atoms with Crippen molar-refractivity contribution in [2.45, 2.75) is 6.67 Å². The van der Waals surface area contributed by atoms with Crippen LogP contribution in [0.1, 0.15) is 5.56 Å². The van der Waals surface area contributed by atoms with Gasteiger partial charge in [-0.25, -0.2) is 18.7 Å². The summed E-state index contributed by atoms with van der Waals surface area (Å²) in [6.45, 7) is -0.823. The molecule has 2 heterocycles. The van der Waals surface area contributed by atoms with E-state index in [0.717, 1.165) is 0 Å². The van der Waals surface area contributed by atoms with E-state index in [2.05, 4.69) is 20.4 Å². The number of aromatic nitrogens is 4. The van der Waals surface area contributed by atoms with Crippen LogP contribution in [-0.2, 0) is 13.7 Å². The van der Waals surface area contributed by atoms with Gasteiger partial charge in [-0.05, 0) is 24.3 Å². The van der Waals surface area contributed by atoms with Crippen LogP contribution in [0.3, 0.4) is 0 Å². The number of alkyl halides is 1. The number of rotatable bonds is 5. The Balaban J connectivity index is 1.72. The van der Waals surface area contributed by atoms with Crippen molar-refractivity contribution in [1.82, 2.24) is 19.7 Å². The molecule has 0 fully saturated rings. The molecule has 0 saturated heterocycles. The van der Waals surface area contributed by atoms with Crippen LogP contribution in [0, 0.1) is 5.82 Å². The van der Waals surface area contributed by atoms with Gasteiger partial charge in [0.2, 0.25) is 0 Å². The zero-order valence-corrected chi connectivity index (χ0v) is 14.4. The maximum atomic E-state index is 14.1. The van der Waals surface area contributed by atoms with Crippen LogP contribution < -0.4 is 10.1 Å². The molecule has 8 heteroatoms. The van der Waals surface area contributed by atoms with Crippen molar-refractivity contribution < 1.29 is 13.5 Å². The number of fused-ring (bicyclic) bond motifs is 1. The van der Waals surface area contributed by atoms with Gasteiger partial charge in [-0.15, -0.1) is 0 Å². The highest BCUT2D eigenvalue weighted by molar-refractivity contribution is 5.91. The lowest BCUT2D eigenvalue weighted by molar-refractivity contribution is 0.413. The number of aryl methyl sites for hydroxylation is 1. The minimum Gasteiger partial charge on any atom is -0.454 e. The van der Waals surface area contributed by atoms with Crippen LogP contribution in [0.25, 0.3) is 10.9 Å². The molecule has 0 aliphatic rings. The van der Waals surface area contributed by atoms with Gasteiger partial charge in [0, 0.05) is 30.3 Å². The fourth-order valence-corrected chi connectivity index (χ4v) is 2.69. The molecule has 0 aliphatic carbocycles. The highest BCUT2D eigenvalue weighted by atomic mass is 19.1. The first kappa shape index (κ1) is 16.9. The molecule has 4 rings (SSSR count). The number of ether oxygens (including phenoxy) is 1. The lowest BCUT2D eigenvalue weighted by Gasteiger charge is -2.12. The molecule has 0 aliphatic heterocycles. The number of halogens is 2. The van der Waals surface area contributed by atoms with Gasteiger partial charge >= 0.3 is 0 Å². The monoisotopic (exact) mass is 367 g/mol. The Bertz CT molecular complexity index is 1110. The Hall–Kier alpha value is -3.55. The zero-order chi connectivity index (χ0) is 18.8. The number of nitrogens with zero attached hydrogens (tertiary/aromatic N) is 4. The van der Waals surface area contributed by atoms with E-state index in [4.69, 9.17) is 4.74 Å². The van der Waals surface area contributed by atoms with Crippen LogP contribution >= 0.6 is 0 Å². The van der Waals surface area contributed by atoms with Gasteiger partial charge in [0.1, 0.15) is 24.6 Å². The maximum absolute atomic E-state index is 14.1. The minimum absolute atomic E-state index is 0.129. The first-order chi connectivity index (χ1) is 13.1. The molecular formula is C19H15F2N5O. The van der Waals surface area contributed by atoms with E-state index in [1.807, 2.05) is 7.05 Å². The smallest absolute Gasteiger partial charge is 0.168 e. The molecule has 2 aromatic carbocycles. The summed E-state index contributed by atoms with van der Waals surface area (Å²) in [4.78, 5) is 8.47. The predicted molar refractivity (Wildman–Crippen MR) is 97.3 cm³/mol. The van der Waals surface area contributed by atoms with Gasteiger partial charge in [0.05, 0.1) is 5.52 Å². The molecular weight excluding hydrogens is 352 g/mol. The summed E-state index contributed by atoms with van der Waals surface area (Å²) in [6.07, 6.45) is 3.24. The second-order valence-corrected chi connectivity index (χ2v) is 5.86. The van der Waals surface area contributed by atoms with Crippen LogP contribution in [-0.4, -0.2) is 19.7 Å². The van der Waals surface area contributed by atoms with E-state index in [1.165, 1.54) is 24.5 Å². The van der Waals surface area contributed by atoms with Gasteiger partial charge in [0.25, 0.3) is 0 Å². The highest BCUT2D eigenvalue weighted by Gasteiger charge is 2.13. The average molecular weight is 367 g/mol. The second-order valence-electron chi connectivity index (χ2n) is 5.86. The molecule has 2 aromatic heterocycles. The summed E-state index contributed by atoms with van der Waals surface area (Å²) in [7, 11) is 1.81. The fraction of sp³-hybridized carbons (Fsp3) is 0.105. The van der Waals surface area contributed by atoms with Gasteiger partial charge in [0.15, 0.2) is 17.4 Å². The molecule has 27 heavy (non-hydrogen) atoms. The molecule has 0 bridgehead atoms. The standard InChI is InChI=1S/C19H15F2N5O/c1-26-8-7-17(25-26)24-19-14-9-13(5-6-16(14)22-11-23-19)27-18-12(10-20)3-2-4-15(18)21/h2-9,11H,10H2,1H3,(H,22,23,24,25). The Morgan fingerprint density at radius 1 is 1.15 bits per heavy atom. The second kappa shape index (κ2) is 6.99. The van der Waals surface area contributed by atoms with Gasteiger partial charge in [-0.1, -0.05) is 12.1 Å². The molecule has 0 saturated carbocycles. The Labute approximate surface area is 153 Å². The Kier molecular flexibility index (Phi) is 4.37. The lowest BCUT2D eigenvalue weighted by Crippen LogP contribution is -1.98. The van der Waals surface area contributed by atoms with Crippen LogP contribution in [0.4, 0.5) is 20.4 Å². The summed E-state index contributed by atoms with van der Waals surface area (Å²) in [5.74, 6) is 0.749. The van der Waals surface area contributed by atoms with E-state index >= 15 is 0 Å². The number of nitrogens with one attached hydrogen (secondary N) is 1. The van der Waals surface area contributed by atoms with Crippen molar-refractivity contribution in [3.63, 3.8) is 0 Å². The SMILES string of the molecule is Cn1ccc(Nc2ncnc3ccc(Oc4c(F)cccc4CF)cc23)n1. The van der Waals surface area contributed by atoms with Crippen LogP contribution in [0.5, 0.6) is 11.5 Å². The molecule has 4 aromatic rings. The fourth-order valence-electron chi connectivity index (χ4n) is 2.69. The Morgan fingerprint density at radius 3 is 2.81 bits per heavy atom. The number of para-hydroxylation sites is 1. The molecule has 0 spiro atoms. The van der Waals surface area contributed by atoms with E-state index < -0.39 is 12.5 Å². The normalized spacial score (nSPS) is 10.9. The van der Waals surface area contributed by atoms with E-state index in [9.17, 15) is 8.78 Å². The Morgan fingerprint density at radius 2 is 2.04 bits per heavy atom. The molecule has 0 amide bonds. The summed E-state index contributed by atoms with van der Waals surface area (Å²) < 4.78 is 34.5. The van der Waals surface area contributed by atoms with Crippen molar-refractivity contribution in [2.24, 2.45) is 7.05 Å². The molecule has 0 atom stereocenters. The molecule has 136 valence electrons. The van der Waals surface area contributed by atoms with Crippen molar-refractivity contribution in [3.8, 4) is 11.5 Å². The van der Waals surface area contributed by atoms with Crippen molar-refractivity contribution in [3.05, 3.63) is 66.4 Å². The number of hydrogen-bond donors (Lipinski definition) is 1. The number of hydrogen-bond acceptors (Lipinski definition) is 5. The summed E-state index contributed by atoms with van der Waals surface area (Å²) in [5.41, 5.74) is 0.821. The van der Waals surface area contributed by atoms with Crippen molar-refractivity contribution >= 4 is 22.5 Å².